The molecule has 1 spiro atoms. The van der Waals surface area contributed by atoms with Gasteiger partial charge in [-0.3, -0.25) is 4.90 Å². The van der Waals surface area contributed by atoms with Crippen LogP contribution in [0.1, 0.15) is 6.42 Å². The maximum atomic E-state index is 3.74. The van der Waals surface area contributed by atoms with Crippen molar-refractivity contribution in [1.82, 2.24) is 10.2 Å². The summed E-state index contributed by atoms with van der Waals surface area (Å²) < 4.78 is 0. The summed E-state index contributed by atoms with van der Waals surface area (Å²) in [5.74, 6) is 0. The zero-order valence-corrected chi connectivity index (χ0v) is 6.97. The summed E-state index contributed by atoms with van der Waals surface area (Å²) in [6, 6.07) is 0. The minimum atomic E-state index is 0.656. The van der Waals surface area contributed by atoms with Crippen LogP contribution in [0.3, 0.4) is 0 Å². The van der Waals surface area contributed by atoms with E-state index in [0.29, 0.717) is 5.41 Å². The highest BCUT2D eigenvalue weighted by Crippen LogP contribution is 2.35. The lowest BCUT2D eigenvalue weighted by atomic mass is 9.79. The highest BCUT2D eigenvalue weighted by molar-refractivity contribution is 5.01. The Morgan fingerprint density at radius 1 is 1.55 bits per heavy atom. The van der Waals surface area contributed by atoms with Crippen LogP contribution in [0, 0.1) is 5.41 Å². The van der Waals surface area contributed by atoms with Crippen LogP contribution >= 0.6 is 0 Å². The van der Waals surface area contributed by atoms with Gasteiger partial charge < -0.3 is 5.32 Å². The highest BCUT2D eigenvalue weighted by atomic mass is 15.2. The summed E-state index contributed by atoms with van der Waals surface area (Å²) in [5.41, 5.74) is 0.656. The second-order valence-corrected chi connectivity index (χ2v) is 3.89. The third-order valence-corrected chi connectivity index (χ3v) is 2.84. The monoisotopic (exact) mass is 152 g/mol. The molecule has 11 heavy (non-hydrogen) atoms. The summed E-state index contributed by atoms with van der Waals surface area (Å²) in [5, 5.41) is 3.43. The van der Waals surface area contributed by atoms with Crippen LogP contribution < -0.4 is 5.32 Å². The standard InChI is InChI=1S/C9H16N2/c1-2-5-11-7-9(8-11)3-4-10-6-9/h2,10H,1,3-8H2. The smallest absolute Gasteiger partial charge is 0.0161 e. The third-order valence-electron chi connectivity index (χ3n) is 2.84. The van der Waals surface area contributed by atoms with Gasteiger partial charge in [-0.1, -0.05) is 6.08 Å². The van der Waals surface area contributed by atoms with Gasteiger partial charge in [-0.25, -0.2) is 0 Å². The topological polar surface area (TPSA) is 15.3 Å². The van der Waals surface area contributed by atoms with Crippen LogP contribution in [0.15, 0.2) is 12.7 Å². The number of nitrogens with one attached hydrogen (secondary N) is 1. The largest absolute Gasteiger partial charge is 0.316 e. The minimum absolute atomic E-state index is 0.656. The first-order chi connectivity index (χ1) is 5.35. The molecule has 0 radical (unpaired) electrons. The Labute approximate surface area is 68.3 Å². The second kappa shape index (κ2) is 2.61. The van der Waals surface area contributed by atoms with Crippen molar-refractivity contribution in [2.75, 3.05) is 32.7 Å². The maximum absolute atomic E-state index is 3.74. The molecule has 2 fully saturated rings. The van der Waals surface area contributed by atoms with Crippen LogP contribution in [0.2, 0.25) is 0 Å². The predicted molar refractivity (Wildman–Crippen MR) is 46.6 cm³/mol. The molecule has 2 heterocycles. The Morgan fingerprint density at radius 2 is 2.36 bits per heavy atom. The van der Waals surface area contributed by atoms with Crippen molar-refractivity contribution in [1.29, 1.82) is 0 Å². The molecule has 0 aromatic rings. The molecule has 2 aliphatic rings. The van der Waals surface area contributed by atoms with Gasteiger partial charge in [-0.2, -0.15) is 0 Å². The predicted octanol–water partition coefficient (Wildman–Crippen LogP) is 0.468. The Kier molecular flexibility index (Phi) is 1.74. The summed E-state index contributed by atoms with van der Waals surface area (Å²) in [6.45, 7) is 9.84. The molecule has 0 saturated carbocycles. The van der Waals surface area contributed by atoms with E-state index in [9.17, 15) is 0 Å². The van der Waals surface area contributed by atoms with E-state index in [4.69, 9.17) is 0 Å². The van der Waals surface area contributed by atoms with E-state index in [-0.39, 0.29) is 0 Å². The van der Waals surface area contributed by atoms with E-state index < -0.39 is 0 Å². The molecule has 2 saturated heterocycles. The molecule has 1 N–H and O–H groups in total. The van der Waals surface area contributed by atoms with E-state index in [1.165, 1.54) is 32.6 Å². The SMILES string of the molecule is C=CCN1CC2(CCNC2)C1. The zero-order valence-electron chi connectivity index (χ0n) is 6.97. The molecule has 0 atom stereocenters. The average Bonchev–Trinajstić information content (AvgIpc) is 2.35. The molecular formula is C9H16N2. The number of rotatable bonds is 2. The lowest BCUT2D eigenvalue weighted by Crippen LogP contribution is -2.57. The Bertz CT molecular complexity index is 151. The first-order valence-corrected chi connectivity index (χ1v) is 4.39. The quantitative estimate of drug-likeness (QED) is 0.579. The maximum Gasteiger partial charge on any atom is 0.0161 e. The van der Waals surface area contributed by atoms with Gasteiger partial charge in [0.2, 0.25) is 0 Å². The first kappa shape index (κ1) is 7.32. The average molecular weight is 152 g/mol. The molecule has 0 unspecified atom stereocenters. The van der Waals surface area contributed by atoms with Crippen molar-refractivity contribution in [2.45, 2.75) is 6.42 Å². The van der Waals surface area contributed by atoms with Crippen molar-refractivity contribution >= 4 is 0 Å². The molecule has 2 rings (SSSR count). The van der Waals surface area contributed by atoms with Gasteiger partial charge in [0.25, 0.3) is 0 Å². The molecule has 2 heteroatoms. The Hall–Kier alpha value is -0.340. The van der Waals surface area contributed by atoms with Gasteiger partial charge in [0.15, 0.2) is 0 Å². The van der Waals surface area contributed by atoms with E-state index in [1.54, 1.807) is 0 Å². The van der Waals surface area contributed by atoms with E-state index >= 15 is 0 Å². The molecule has 0 amide bonds. The third kappa shape index (κ3) is 1.21. The van der Waals surface area contributed by atoms with Crippen molar-refractivity contribution in [3.8, 4) is 0 Å². The highest BCUT2D eigenvalue weighted by Gasteiger charge is 2.43. The van der Waals surface area contributed by atoms with Gasteiger partial charge in [-0.05, 0) is 13.0 Å². The summed E-state index contributed by atoms with van der Waals surface area (Å²) in [6.07, 6.45) is 3.37. The lowest BCUT2D eigenvalue weighted by molar-refractivity contribution is 0.0274. The molecule has 2 nitrogen and oxygen atoms in total. The van der Waals surface area contributed by atoms with Crippen molar-refractivity contribution in [3.05, 3.63) is 12.7 Å². The number of nitrogens with zero attached hydrogens (tertiary/aromatic N) is 1. The zero-order chi connectivity index (χ0) is 7.73. The van der Waals surface area contributed by atoms with Crippen LogP contribution in [0.25, 0.3) is 0 Å². The van der Waals surface area contributed by atoms with Crippen LogP contribution in [-0.2, 0) is 0 Å². The van der Waals surface area contributed by atoms with E-state index in [0.717, 1.165) is 6.54 Å². The molecule has 0 aromatic heterocycles. The van der Waals surface area contributed by atoms with Crippen molar-refractivity contribution in [2.24, 2.45) is 5.41 Å². The summed E-state index contributed by atoms with van der Waals surface area (Å²) in [7, 11) is 0. The van der Waals surface area contributed by atoms with Crippen LogP contribution in [-0.4, -0.2) is 37.6 Å². The van der Waals surface area contributed by atoms with Crippen molar-refractivity contribution < 1.29 is 0 Å². The molecular weight excluding hydrogens is 136 g/mol. The molecule has 0 aromatic carbocycles. The minimum Gasteiger partial charge on any atom is -0.316 e. The van der Waals surface area contributed by atoms with Crippen molar-refractivity contribution in [3.63, 3.8) is 0 Å². The fraction of sp³-hybridized carbons (Fsp3) is 0.778. The molecule has 0 aliphatic carbocycles. The fourth-order valence-electron chi connectivity index (χ4n) is 2.28. The molecule has 2 aliphatic heterocycles. The van der Waals surface area contributed by atoms with Gasteiger partial charge >= 0.3 is 0 Å². The van der Waals surface area contributed by atoms with Gasteiger partial charge in [-0.15, -0.1) is 6.58 Å². The van der Waals surface area contributed by atoms with Gasteiger partial charge in [0.05, 0.1) is 0 Å². The Morgan fingerprint density at radius 3 is 2.91 bits per heavy atom. The number of hydrogen-bond acceptors (Lipinski definition) is 2. The fourth-order valence-corrected chi connectivity index (χ4v) is 2.28. The van der Waals surface area contributed by atoms with Gasteiger partial charge in [0, 0.05) is 31.6 Å². The summed E-state index contributed by atoms with van der Waals surface area (Å²) in [4.78, 5) is 2.46. The van der Waals surface area contributed by atoms with E-state index in [1.807, 2.05) is 6.08 Å². The van der Waals surface area contributed by atoms with Crippen LogP contribution in [0.4, 0.5) is 0 Å². The lowest BCUT2D eigenvalue weighted by Gasteiger charge is -2.47. The Balaban J connectivity index is 1.81. The first-order valence-electron chi connectivity index (χ1n) is 4.39. The number of likely N-dealkylation sites (tertiary alicyclic amines) is 1. The van der Waals surface area contributed by atoms with Gasteiger partial charge in [0.1, 0.15) is 0 Å². The normalized spacial score (nSPS) is 28.7. The second-order valence-electron chi connectivity index (χ2n) is 3.89. The summed E-state index contributed by atoms with van der Waals surface area (Å²) >= 11 is 0. The number of hydrogen-bond donors (Lipinski definition) is 1. The molecule has 0 bridgehead atoms. The molecule has 62 valence electrons. The van der Waals surface area contributed by atoms with E-state index in [2.05, 4.69) is 16.8 Å². The van der Waals surface area contributed by atoms with Crippen LogP contribution in [0.5, 0.6) is 0 Å².